The lowest BCUT2D eigenvalue weighted by molar-refractivity contribution is -0.135. The van der Waals surface area contributed by atoms with Crippen LogP contribution in [0.4, 0.5) is 4.39 Å². The Kier molecular flexibility index (Phi) is 4.45. The van der Waals surface area contributed by atoms with Gasteiger partial charge in [-0.2, -0.15) is 0 Å². The van der Waals surface area contributed by atoms with Crippen LogP contribution in [0.25, 0.3) is 0 Å². The van der Waals surface area contributed by atoms with Crippen LogP contribution in [-0.4, -0.2) is 36.1 Å². The van der Waals surface area contributed by atoms with Gasteiger partial charge in [0.25, 0.3) is 5.91 Å². The van der Waals surface area contributed by atoms with Gasteiger partial charge >= 0.3 is 0 Å². The molecule has 1 N–H and O–H groups in total. The number of likely N-dealkylation sites (N-methyl/N-ethyl adjacent to an activating group) is 1. The number of carbonyl (C=O) groups excluding carboxylic acids is 1. The largest absolute Gasteiger partial charge is 0.477 e. The van der Waals surface area contributed by atoms with Crippen molar-refractivity contribution in [3.05, 3.63) is 29.6 Å². The van der Waals surface area contributed by atoms with Crippen LogP contribution in [0.5, 0.6) is 5.75 Å². The van der Waals surface area contributed by atoms with Crippen molar-refractivity contribution in [2.45, 2.75) is 19.6 Å². The first-order valence-corrected chi connectivity index (χ1v) is 5.23. The fraction of sp³-hybridized carbons (Fsp3) is 0.417. The van der Waals surface area contributed by atoms with Gasteiger partial charge in [-0.1, -0.05) is 12.1 Å². The molecule has 1 atom stereocenters. The van der Waals surface area contributed by atoms with Gasteiger partial charge in [0.1, 0.15) is 0 Å². The smallest absolute Gasteiger partial charge is 0.262 e. The minimum atomic E-state index is -0.799. The van der Waals surface area contributed by atoms with E-state index in [1.54, 1.807) is 20.2 Å². The maximum absolute atomic E-state index is 13.5. The van der Waals surface area contributed by atoms with Crippen molar-refractivity contribution in [2.24, 2.45) is 0 Å². The molecule has 1 amide bonds. The van der Waals surface area contributed by atoms with E-state index >= 15 is 0 Å². The highest BCUT2D eigenvalue weighted by atomic mass is 19.1. The van der Waals surface area contributed by atoms with E-state index < -0.39 is 11.9 Å². The second-order valence-electron chi connectivity index (χ2n) is 3.88. The van der Waals surface area contributed by atoms with E-state index in [0.29, 0.717) is 5.56 Å². The highest BCUT2D eigenvalue weighted by Crippen LogP contribution is 2.24. The van der Waals surface area contributed by atoms with Crippen LogP contribution >= 0.6 is 0 Å². The predicted molar refractivity (Wildman–Crippen MR) is 61.1 cm³/mol. The molecule has 0 aliphatic rings. The van der Waals surface area contributed by atoms with Gasteiger partial charge < -0.3 is 14.7 Å². The number of aliphatic hydroxyl groups is 1. The van der Waals surface area contributed by atoms with E-state index in [9.17, 15) is 9.18 Å². The molecule has 94 valence electrons. The fourth-order valence-electron chi connectivity index (χ4n) is 1.40. The summed E-state index contributed by atoms with van der Waals surface area (Å²) in [5.41, 5.74) is 0.323. The van der Waals surface area contributed by atoms with E-state index in [0.717, 1.165) is 0 Å². The molecule has 0 spiro atoms. The molecule has 1 aromatic rings. The van der Waals surface area contributed by atoms with Gasteiger partial charge in [0.05, 0.1) is 6.61 Å². The lowest BCUT2D eigenvalue weighted by atomic mass is 10.2. The summed E-state index contributed by atoms with van der Waals surface area (Å²) in [7, 11) is 3.19. The van der Waals surface area contributed by atoms with Crippen molar-refractivity contribution in [1.29, 1.82) is 0 Å². The standard InChI is InChI=1S/C12H16FNO3/c1-8(12(16)14(2)3)17-11-9(7-15)5-4-6-10(11)13/h4-6,8,15H,7H2,1-3H3. The van der Waals surface area contributed by atoms with Crippen LogP contribution < -0.4 is 4.74 Å². The average molecular weight is 241 g/mol. The Bertz CT molecular complexity index is 407. The molecule has 0 fully saturated rings. The Morgan fingerprint density at radius 2 is 2.18 bits per heavy atom. The minimum absolute atomic E-state index is 0.0716. The van der Waals surface area contributed by atoms with Gasteiger partial charge in [0.2, 0.25) is 0 Å². The van der Waals surface area contributed by atoms with Crippen molar-refractivity contribution in [3.8, 4) is 5.75 Å². The number of ether oxygens (including phenoxy) is 1. The zero-order chi connectivity index (χ0) is 13.0. The molecule has 4 nitrogen and oxygen atoms in total. The van der Waals surface area contributed by atoms with Crippen molar-refractivity contribution >= 4 is 5.91 Å². The zero-order valence-electron chi connectivity index (χ0n) is 10.1. The number of aliphatic hydroxyl groups excluding tert-OH is 1. The molecule has 0 radical (unpaired) electrons. The summed E-state index contributed by atoms with van der Waals surface area (Å²) in [5, 5.41) is 9.06. The highest BCUT2D eigenvalue weighted by Gasteiger charge is 2.19. The maximum Gasteiger partial charge on any atom is 0.262 e. The molecular formula is C12H16FNO3. The summed E-state index contributed by atoms with van der Waals surface area (Å²) in [6, 6.07) is 4.25. The zero-order valence-corrected chi connectivity index (χ0v) is 10.1. The van der Waals surface area contributed by atoms with Crippen LogP contribution in [0, 0.1) is 5.82 Å². The molecular weight excluding hydrogens is 225 g/mol. The van der Waals surface area contributed by atoms with Crippen molar-refractivity contribution < 1.29 is 19.0 Å². The van der Waals surface area contributed by atoms with Gasteiger partial charge in [0, 0.05) is 19.7 Å². The van der Waals surface area contributed by atoms with Crippen LogP contribution in [0.3, 0.4) is 0 Å². The molecule has 0 aliphatic carbocycles. The highest BCUT2D eigenvalue weighted by molar-refractivity contribution is 5.80. The molecule has 17 heavy (non-hydrogen) atoms. The van der Waals surface area contributed by atoms with E-state index in [2.05, 4.69) is 0 Å². The summed E-state index contributed by atoms with van der Waals surface area (Å²) in [6.07, 6.45) is -0.799. The first kappa shape index (κ1) is 13.4. The second-order valence-corrected chi connectivity index (χ2v) is 3.88. The van der Waals surface area contributed by atoms with Crippen molar-refractivity contribution in [1.82, 2.24) is 4.90 Å². The SMILES string of the molecule is CC(Oc1c(F)cccc1CO)C(=O)N(C)C. The molecule has 0 aliphatic heterocycles. The third-order valence-corrected chi connectivity index (χ3v) is 2.30. The first-order valence-electron chi connectivity index (χ1n) is 5.23. The molecule has 1 rings (SSSR count). The lowest BCUT2D eigenvalue weighted by Gasteiger charge is -2.19. The Balaban J connectivity index is 2.91. The number of benzene rings is 1. The molecule has 1 unspecified atom stereocenters. The van der Waals surface area contributed by atoms with E-state index in [-0.39, 0.29) is 18.3 Å². The molecule has 1 aromatic carbocycles. The number of hydrogen-bond acceptors (Lipinski definition) is 3. The molecule has 0 aromatic heterocycles. The third kappa shape index (κ3) is 3.17. The van der Waals surface area contributed by atoms with Gasteiger partial charge in [-0.25, -0.2) is 4.39 Å². The number of carbonyl (C=O) groups is 1. The first-order chi connectivity index (χ1) is 7.97. The summed E-state index contributed by atoms with van der Waals surface area (Å²) in [6.45, 7) is 1.20. The summed E-state index contributed by atoms with van der Waals surface area (Å²) >= 11 is 0. The monoisotopic (exact) mass is 241 g/mol. The van der Waals surface area contributed by atoms with E-state index in [1.807, 2.05) is 0 Å². The van der Waals surface area contributed by atoms with Crippen molar-refractivity contribution in [2.75, 3.05) is 14.1 Å². The third-order valence-electron chi connectivity index (χ3n) is 2.30. The van der Waals surface area contributed by atoms with E-state index in [1.165, 1.54) is 24.0 Å². The van der Waals surface area contributed by atoms with Crippen LogP contribution in [0.1, 0.15) is 12.5 Å². The summed E-state index contributed by atoms with van der Waals surface area (Å²) in [4.78, 5) is 12.9. The summed E-state index contributed by atoms with van der Waals surface area (Å²) < 4.78 is 18.8. The summed E-state index contributed by atoms with van der Waals surface area (Å²) in [5.74, 6) is -0.926. The lowest BCUT2D eigenvalue weighted by Crippen LogP contribution is -2.35. The van der Waals surface area contributed by atoms with Gasteiger partial charge in [-0.3, -0.25) is 4.79 Å². The molecule has 0 heterocycles. The topological polar surface area (TPSA) is 49.8 Å². The molecule has 0 saturated carbocycles. The van der Waals surface area contributed by atoms with Crippen LogP contribution in [-0.2, 0) is 11.4 Å². The molecule has 0 bridgehead atoms. The normalized spacial score (nSPS) is 12.1. The maximum atomic E-state index is 13.5. The fourth-order valence-corrected chi connectivity index (χ4v) is 1.40. The Morgan fingerprint density at radius 3 is 2.71 bits per heavy atom. The van der Waals surface area contributed by atoms with Crippen LogP contribution in [0.15, 0.2) is 18.2 Å². The Labute approximate surface area is 99.6 Å². The van der Waals surface area contributed by atoms with Crippen LogP contribution in [0.2, 0.25) is 0 Å². The number of amides is 1. The second kappa shape index (κ2) is 5.63. The number of para-hydroxylation sites is 1. The quantitative estimate of drug-likeness (QED) is 0.861. The molecule has 0 saturated heterocycles. The van der Waals surface area contributed by atoms with Gasteiger partial charge in [-0.15, -0.1) is 0 Å². The minimum Gasteiger partial charge on any atom is -0.477 e. The van der Waals surface area contributed by atoms with Gasteiger partial charge in [-0.05, 0) is 13.0 Å². The molecule has 5 heteroatoms. The number of hydrogen-bond donors (Lipinski definition) is 1. The van der Waals surface area contributed by atoms with E-state index in [4.69, 9.17) is 9.84 Å². The van der Waals surface area contributed by atoms with Gasteiger partial charge in [0.15, 0.2) is 17.7 Å². The van der Waals surface area contributed by atoms with Crippen molar-refractivity contribution in [3.63, 3.8) is 0 Å². The number of halogens is 1. The predicted octanol–water partition coefficient (Wildman–Crippen LogP) is 1.17. The Morgan fingerprint density at radius 1 is 1.53 bits per heavy atom. The number of rotatable bonds is 4. The average Bonchev–Trinajstić information content (AvgIpc) is 2.30. The Hall–Kier alpha value is -1.62. The number of nitrogens with zero attached hydrogens (tertiary/aromatic N) is 1.